The molecule has 1 aromatic carbocycles. The van der Waals surface area contributed by atoms with E-state index in [1.807, 2.05) is 79.9 Å². The van der Waals surface area contributed by atoms with E-state index in [-0.39, 0.29) is 5.82 Å². The molecule has 0 bridgehead atoms. The van der Waals surface area contributed by atoms with Crippen LogP contribution in [0.15, 0.2) is 54.7 Å². The Balaban J connectivity index is 1.62. The lowest BCUT2D eigenvalue weighted by Crippen LogP contribution is -2.16. The number of carbonyl (C=O) groups excluding carboxylic acids is 1. The van der Waals surface area contributed by atoms with E-state index >= 15 is 0 Å². The number of hydrogen-bond donors (Lipinski definition) is 1. The molecular weight excluding hydrogens is 378 g/mol. The monoisotopic (exact) mass is 397 g/mol. The van der Waals surface area contributed by atoms with E-state index in [1.54, 1.807) is 4.52 Å². The van der Waals surface area contributed by atoms with E-state index in [0.29, 0.717) is 17.3 Å². The number of anilines is 1. The fourth-order valence-corrected chi connectivity index (χ4v) is 3.49. The van der Waals surface area contributed by atoms with Gasteiger partial charge in [0.1, 0.15) is 17.2 Å². The molecule has 0 unspecified atom stereocenters. The van der Waals surface area contributed by atoms with Crippen LogP contribution in [0.4, 0.5) is 5.82 Å². The highest BCUT2D eigenvalue weighted by molar-refractivity contribution is 6.03. The number of benzene rings is 1. The molecule has 0 saturated carbocycles. The summed E-state index contributed by atoms with van der Waals surface area (Å²) in [5, 5.41) is 7.30. The second-order valence-electron chi connectivity index (χ2n) is 7.25. The smallest absolute Gasteiger partial charge is 0.296 e. The van der Waals surface area contributed by atoms with Crippen LogP contribution in [-0.4, -0.2) is 34.9 Å². The van der Waals surface area contributed by atoms with Crippen LogP contribution in [0.1, 0.15) is 27.6 Å². The third kappa shape index (κ3) is 2.98. The minimum atomic E-state index is -0.418. The van der Waals surface area contributed by atoms with Gasteiger partial charge in [-0.1, -0.05) is 36.4 Å². The highest BCUT2D eigenvalue weighted by Gasteiger charge is 2.20. The molecule has 1 amide bonds. The van der Waals surface area contributed by atoms with Crippen molar-refractivity contribution in [3.63, 3.8) is 0 Å². The van der Waals surface area contributed by atoms with E-state index in [4.69, 9.17) is 4.98 Å². The average Bonchev–Trinajstić information content (AvgIpc) is 3.31. The number of carbonyl (C=O) groups is 1. The van der Waals surface area contributed by atoms with Crippen LogP contribution in [0.2, 0.25) is 0 Å². The van der Waals surface area contributed by atoms with Gasteiger partial charge in [-0.3, -0.25) is 9.20 Å². The minimum absolute atomic E-state index is 0.0535. The SMILES string of the molecule is Cc1ccc2nc(-c3ccccc3)c(NC(=O)c3nc4nc(C)cc(C)n4n3)n2c1. The Morgan fingerprint density at radius 3 is 2.57 bits per heavy atom. The molecule has 0 fully saturated rings. The van der Waals surface area contributed by atoms with Gasteiger partial charge in [-0.25, -0.2) is 14.5 Å². The fraction of sp³-hybridized carbons (Fsp3) is 0.136. The number of aryl methyl sites for hydroxylation is 3. The van der Waals surface area contributed by atoms with Crippen molar-refractivity contribution in [1.82, 2.24) is 29.0 Å². The number of imidazole rings is 1. The molecule has 0 atom stereocenters. The van der Waals surface area contributed by atoms with E-state index < -0.39 is 5.91 Å². The highest BCUT2D eigenvalue weighted by atomic mass is 16.2. The Morgan fingerprint density at radius 1 is 0.967 bits per heavy atom. The molecule has 0 saturated heterocycles. The van der Waals surface area contributed by atoms with Gasteiger partial charge in [-0.05, 0) is 38.5 Å². The minimum Gasteiger partial charge on any atom is -0.303 e. The zero-order valence-corrected chi connectivity index (χ0v) is 16.8. The van der Waals surface area contributed by atoms with Gasteiger partial charge < -0.3 is 5.32 Å². The summed E-state index contributed by atoms with van der Waals surface area (Å²) < 4.78 is 3.44. The van der Waals surface area contributed by atoms with Gasteiger partial charge >= 0.3 is 0 Å². The number of nitrogens with zero attached hydrogens (tertiary/aromatic N) is 6. The van der Waals surface area contributed by atoms with E-state index in [2.05, 4.69) is 20.4 Å². The van der Waals surface area contributed by atoms with Gasteiger partial charge in [0.05, 0.1) is 0 Å². The molecule has 1 N–H and O–H groups in total. The lowest BCUT2D eigenvalue weighted by atomic mass is 10.1. The van der Waals surface area contributed by atoms with Gasteiger partial charge in [0, 0.05) is 23.1 Å². The number of pyridine rings is 1. The normalized spacial score (nSPS) is 11.3. The van der Waals surface area contributed by atoms with Crippen LogP contribution in [0.5, 0.6) is 0 Å². The summed E-state index contributed by atoms with van der Waals surface area (Å²) >= 11 is 0. The quantitative estimate of drug-likeness (QED) is 0.502. The molecule has 0 aliphatic rings. The van der Waals surface area contributed by atoms with Crippen LogP contribution >= 0.6 is 0 Å². The third-order valence-corrected chi connectivity index (χ3v) is 4.87. The molecule has 0 aliphatic carbocycles. The number of fused-ring (bicyclic) bond motifs is 2. The van der Waals surface area contributed by atoms with Crippen molar-refractivity contribution in [1.29, 1.82) is 0 Å². The summed E-state index contributed by atoms with van der Waals surface area (Å²) in [4.78, 5) is 26.5. The first-order chi connectivity index (χ1) is 14.5. The van der Waals surface area contributed by atoms with Crippen molar-refractivity contribution in [3.05, 3.63) is 77.5 Å². The topological polar surface area (TPSA) is 89.5 Å². The first-order valence-corrected chi connectivity index (χ1v) is 9.56. The fourth-order valence-electron chi connectivity index (χ4n) is 3.49. The van der Waals surface area contributed by atoms with Gasteiger partial charge in [0.15, 0.2) is 0 Å². The molecule has 8 nitrogen and oxygen atoms in total. The molecular formula is C22H19N7O. The van der Waals surface area contributed by atoms with Crippen LogP contribution in [0.25, 0.3) is 22.7 Å². The van der Waals surface area contributed by atoms with Crippen molar-refractivity contribution in [2.75, 3.05) is 5.32 Å². The molecule has 0 radical (unpaired) electrons. The number of nitrogens with one attached hydrogen (secondary N) is 1. The van der Waals surface area contributed by atoms with Crippen LogP contribution in [-0.2, 0) is 0 Å². The first kappa shape index (κ1) is 18.0. The molecule has 148 valence electrons. The Bertz CT molecular complexity index is 1420. The molecule has 5 rings (SSSR count). The van der Waals surface area contributed by atoms with Crippen molar-refractivity contribution in [2.45, 2.75) is 20.8 Å². The predicted molar refractivity (Wildman–Crippen MR) is 114 cm³/mol. The summed E-state index contributed by atoms with van der Waals surface area (Å²) in [6.07, 6.45) is 1.94. The second-order valence-corrected chi connectivity index (χ2v) is 7.25. The van der Waals surface area contributed by atoms with Crippen LogP contribution < -0.4 is 5.32 Å². The number of aromatic nitrogens is 6. The Kier molecular flexibility index (Phi) is 4.06. The zero-order valence-electron chi connectivity index (χ0n) is 16.8. The molecule has 8 heteroatoms. The summed E-state index contributed by atoms with van der Waals surface area (Å²) in [7, 11) is 0. The number of amides is 1. The number of hydrogen-bond acceptors (Lipinski definition) is 5. The van der Waals surface area contributed by atoms with Crippen molar-refractivity contribution in [2.24, 2.45) is 0 Å². The van der Waals surface area contributed by atoms with Crippen LogP contribution in [0.3, 0.4) is 0 Å². The van der Waals surface area contributed by atoms with E-state index in [1.165, 1.54) is 0 Å². The maximum atomic E-state index is 13.1. The average molecular weight is 397 g/mol. The second kappa shape index (κ2) is 6.77. The Labute approximate surface area is 172 Å². The Morgan fingerprint density at radius 2 is 1.77 bits per heavy atom. The largest absolute Gasteiger partial charge is 0.303 e. The van der Waals surface area contributed by atoms with E-state index in [0.717, 1.165) is 28.2 Å². The van der Waals surface area contributed by atoms with Crippen molar-refractivity contribution >= 4 is 23.1 Å². The van der Waals surface area contributed by atoms with Gasteiger partial charge in [0.25, 0.3) is 11.7 Å². The molecule has 5 aromatic rings. The molecule has 30 heavy (non-hydrogen) atoms. The highest BCUT2D eigenvalue weighted by Crippen LogP contribution is 2.29. The zero-order chi connectivity index (χ0) is 20.8. The van der Waals surface area contributed by atoms with Gasteiger partial charge in [-0.2, -0.15) is 4.98 Å². The van der Waals surface area contributed by atoms with Gasteiger partial charge in [-0.15, -0.1) is 5.10 Å². The van der Waals surface area contributed by atoms with Crippen molar-refractivity contribution in [3.8, 4) is 11.3 Å². The lowest BCUT2D eigenvalue weighted by molar-refractivity contribution is 0.101. The number of rotatable bonds is 3. The molecule has 4 aromatic heterocycles. The predicted octanol–water partition coefficient (Wildman–Crippen LogP) is 3.62. The standard InChI is InChI=1S/C22H19N7O/c1-13-9-10-17-24-18(16-7-5-4-6-8-16)20(28(17)12-13)26-21(30)19-25-22-23-14(2)11-15(3)29(22)27-19/h4-12H,1-3H3,(H,26,30). The summed E-state index contributed by atoms with van der Waals surface area (Å²) in [5.41, 5.74) is 5.07. The molecule has 0 aliphatic heterocycles. The summed E-state index contributed by atoms with van der Waals surface area (Å²) in [6.45, 7) is 5.78. The molecule has 0 spiro atoms. The van der Waals surface area contributed by atoms with Crippen molar-refractivity contribution < 1.29 is 4.79 Å². The summed E-state index contributed by atoms with van der Waals surface area (Å²) in [5.74, 6) is 0.607. The lowest BCUT2D eigenvalue weighted by Gasteiger charge is -2.06. The Hall–Kier alpha value is -4.07. The maximum absolute atomic E-state index is 13.1. The van der Waals surface area contributed by atoms with Crippen LogP contribution in [0, 0.1) is 20.8 Å². The molecule has 4 heterocycles. The van der Waals surface area contributed by atoms with Gasteiger partial charge in [0.2, 0.25) is 5.82 Å². The first-order valence-electron chi connectivity index (χ1n) is 9.56. The van der Waals surface area contributed by atoms with E-state index in [9.17, 15) is 4.79 Å². The maximum Gasteiger partial charge on any atom is 0.296 e. The summed E-state index contributed by atoms with van der Waals surface area (Å²) in [6, 6.07) is 15.6. The third-order valence-electron chi connectivity index (χ3n) is 4.87.